The Labute approximate surface area is 119 Å². The van der Waals surface area contributed by atoms with E-state index in [2.05, 4.69) is 5.32 Å². The minimum Gasteiger partial charge on any atom is -0.399 e. The fourth-order valence-corrected chi connectivity index (χ4v) is 1.85. The van der Waals surface area contributed by atoms with Crippen molar-refractivity contribution in [2.24, 2.45) is 0 Å². The number of hydrogen-bond donors (Lipinski definition) is 2. The topological polar surface area (TPSA) is 98.3 Å². The molecule has 0 saturated heterocycles. The molecule has 1 amide bonds. The van der Waals surface area contributed by atoms with Crippen LogP contribution in [0.2, 0.25) is 0 Å². The predicted octanol–water partition coefficient (Wildman–Crippen LogP) is 2.50. The monoisotopic (exact) mass is 289 g/mol. The number of carbonyl (C=O) groups excluding carboxylic acids is 1. The van der Waals surface area contributed by atoms with Gasteiger partial charge in [-0.1, -0.05) is 12.1 Å². The van der Waals surface area contributed by atoms with E-state index in [0.29, 0.717) is 11.3 Å². The first-order valence-electron chi connectivity index (χ1n) is 6.03. The fourth-order valence-electron chi connectivity index (χ4n) is 1.85. The first-order chi connectivity index (χ1) is 9.94. The summed E-state index contributed by atoms with van der Waals surface area (Å²) < 4.78 is 13.2. The maximum Gasteiger partial charge on any atom is 0.274 e. The van der Waals surface area contributed by atoms with E-state index in [1.807, 2.05) is 0 Å². The molecule has 2 aromatic rings. The van der Waals surface area contributed by atoms with Crippen LogP contribution in [-0.4, -0.2) is 10.8 Å². The van der Waals surface area contributed by atoms with Gasteiger partial charge in [-0.3, -0.25) is 14.9 Å². The lowest BCUT2D eigenvalue weighted by Crippen LogP contribution is -2.14. The van der Waals surface area contributed by atoms with Crippen molar-refractivity contribution in [2.45, 2.75) is 6.42 Å². The number of anilines is 2. The van der Waals surface area contributed by atoms with E-state index < -0.39 is 22.3 Å². The summed E-state index contributed by atoms with van der Waals surface area (Å²) in [5.74, 6) is -1.20. The summed E-state index contributed by atoms with van der Waals surface area (Å²) in [5, 5.41) is 13.1. The molecule has 0 atom stereocenters. The van der Waals surface area contributed by atoms with Gasteiger partial charge in [-0.25, -0.2) is 4.39 Å². The third kappa shape index (κ3) is 4.00. The molecule has 7 heteroatoms. The number of nitrogen functional groups attached to an aromatic ring is 1. The maximum absolute atomic E-state index is 13.2. The lowest BCUT2D eigenvalue weighted by molar-refractivity contribution is -0.385. The van der Waals surface area contributed by atoms with Gasteiger partial charge in [-0.15, -0.1) is 0 Å². The van der Waals surface area contributed by atoms with Crippen LogP contribution in [0.25, 0.3) is 0 Å². The Morgan fingerprint density at radius 2 is 2.05 bits per heavy atom. The number of amides is 1. The molecule has 0 radical (unpaired) electrons. The molecule has 0 unspecified atom stereocenters. The second-order valence-electron chi connectivity index (χ2n) is 4.43. The Balaban J connectivity index is 2.11. The molecular formula is C14H12FN3O3. The SMILES string of the molecule is Nc1cccc(CC(=O)Nc2cc(F)cc([N+](=O)[O-])c2)c1. The second-order valence-corrected chi connectivity index (χ2v) is 4.43. The number of nitro groups is 1. The van der Waals surface area contributed by atoms with Crippen LogP contribution < -0.4 is 11.1 Å². The molecule has 0 heterocycles. The summed E-state index contributed by atoms with van der Waals surface area (Å²) in [4.78, 5) is 21.7. The third-order valence-corrected chi connectivity index (χ3v) is 2.69. The quantitative estimate of drug-likeness (QED) is 0.513. The molecule has 21 heavy (non-hydrogen) atoms. The number of halogens is 1. The van der Waals surface area contributed by atoms with Gasteiger partial charge in [-0.05, 0) is 23.8 Å². The predicted molar refractivity (Wildman–Crippen MR) is 76.2 cm³/mol. The Morgan fingerprint density at radius 3 is 2.71 bits per heavy atom. The Hall–Kier alpha value is -2.96. The highest BCUT2D eigenvalue weighted by Crippen LogP contribution is 2.20. The molecule has 0 aliphatic carbocycles. The van der Waals surface area contributed by atoms with Gasteiger partial charge in [0.2, 0.25) is 5.91 Å². The summed E-state index contributed by atoms with van der Waals surface area (Å²) in [6.07, 6.45) is 0.0371. The van der Waals surface area contributed by atoms with Gasteiger partial charge < -0.3 is 11.1 Å². The first kappa shape index (κ1) is 14.4. The number of nitrogens with one attached hydrogen (secondary N) is 1. The van der Waals surface area contributed by atoms with Crippen LogP contribution in [0.15, 0.2) is 42.5 Å². The first-order valence-corrected chi connectivity index (χ1v) is 6.03. The largest absolute Gasteiger partial charge is 0.399 e. The molecule has 0 aliphatic heterocycles. The van der Waals surface area contributed by atoms with Crippen molar-refractivity contribution in [1.82, 2.24) is 0 Å². The summed E-state index contributed by atoms with van der Waals surface area (Å²) in [6.45, 7) is 0. The van der Waals surface area contributed by atoms with Crippen LogP contribution >= 0.6 is 0 Å². The number of benzene rings is 2. The molecule has 0 saturated carbocycles. The van der Waals surface area contributed by atoms with Crippen molar-refractivity contribution < 1.29 is 14.1 Å². The number of nitrogens with two attached hydrogens (primary N) is 1. The van der Waals surface area contributed by atoms with Gasteiger partial charge in [0.25, 0.3) is 5.69 Å². The van der Waals surface area contributed by atoms with Crippen LogP contribution in [0.4, 0.5) is 21.5 Å². The molecule has 0 fully saturated rings. The Bertz CT molecular complexity index is 704. The molecule has 0 bridgehead atoms. The molecule has 3 N–H and O–H groups in total. The number of hydrogen-bond acceptors (Lipinski definition) is 4. The molecule has 2 rings (SSSR count). The van der Waals surface area contributed by atoms with Gasteiger partial charge in [0.15, 0.2) is 0 Å². The molecule has 6 nitrogen and oxygen atoms in total. The van der Waals surface area contributed by atoms with Gasteiger partial charge in [0.05, 0.1) is 23.1 Å². The van der Waals surface area contributed by atoms with E-state index >= 15 is 0 Å². The molecule has 0 spiro atoms. The Morgan fingerprint density at radius 1 is 1.29 bits per heavy atom. The van der Waals surface area contributed by atoms with Gasteiger partial charge >= 0.3 is 0 Å². The average Bonchev–Trinajstić information content (AvgIpc) is 2.37. The minimum absolute atomic E-state index is 0.0371. The smallest absolute Gasteiger partial charge is 0.274 e. The number of carbonyl (C=O) groups is 1. The highest BCUT2D eigenvalue weighted by atomic mass is 19.1. The second kappa shape index (κ2) is 6.00. The van der Waals surface area contributed by atoms with E-state index in [-0.39, 0.29) is 12.1 Å². The standard InChI is InChI=1S/C14H12FN3O3/c15-10-6-12(8-13(7-10)18(20)21)17-14(19)5-9-2-1-3-11(16)4-9/h1-4,6-8H,5,16H2,(H,17,19). The summed E-state index contributed by atoms with van der Waals surface area (Å²) in [7, 11) is 0. The number of rotatable bonds is 4. The molecule has 0 aromatic heterocycles. The Kier molecular flexibility index (Phi) is 4.13. The van der Waals surface area contributed by atoms with Crippen LogP contribution in [-0.2, 0) is 11.2 Å². The van der Waals surface area contributed by atoms with Crippen molar-refractivity contribution in [1.29, 1.82) is 0 Å². The summed E-state index contributed by atoms with van der Waals surface area (Å²) >= 11 is 0. The highest BCUT2D eigenvalue weighted by molar-refractivity contribution is 5.92. The van der Waals surface area contributed by atoms with Crippen LogP contribution in [0.1, 0.15) is 5.56 Å². The van der Waals surface area contributed by atoms with Gasteiger partial charge in [0, 0.05) is 11.8 Å². The van der Waals surface area contributed by atoms with Crippen LogP contribution in [0.5, 0.6) is 0 Å². The van der Waals surface area contributed by atoms with E-state index in [1.54, 1.807) is 24.3 Å². The summed E-state index contributed by atoms with van der Waals surface area (Å²) in [6, 6.07) is 9.68. The summed E-state index contributed by atoms with van der Waals surface area (Å²) in [5.41, 5.74) is 6.44. The molecule has 108 valence electrons. The molecular weight excluding hydrogens is 277 g/mol. The van der Waals surface area contributed by atoms with Crippen molar-refractivity contribution in [3.63, 3.8) is 0 Å². The number of non-ortho nitro benzene ring substituents is 1. The molecule has 2 aromatic carbocycles. The number of nitrogens with zero attached hydrogens (tertiary/aromatic N) is 1. The third-order valence-electron chi connectivity index (χ3n) is 2.69. The van der Waals surface area contributed by atoms with E-state index in [9.17, 15) is 19.3 Å². The zero-order valence-corrected chi connectivity index (χ0v) is 10.9. The lowest BCUT2D eigenvalue weighted by atomic mass is 10.1. The average molecular weight is 289 g/mol. The van der Waals surface area contributed by atoms with Crippen LogP contribution in [0, 0.1) is 15.9 Å². The maximum atomic E-state index is 13.2. The number of nitro benzene ring substituents is 1. The fraction of sp³-hybridized carbons (Fsp3) is 0.0714. The van der Waals surface area contributed by atoms with Crippen molar-refractivity contribution in [2.75, 3.05) is 11.1 Å². The lowest BCUT2D eigenvalue weighted by Gasteiger charge is -2.06. The van der Waals surface area contributed by atoms with Crippen molar-refractivity contribution in [3.8, 4) is 0 Å². The van der Waals surface area contributed by atoms with Crippen LogP contribution in [0.3, 0.4) is 0 Å². The van der Waals surface area contributed by atoms with Crippen molar-refractivity contribution >= 4 is 23.0 Å². The van der Waals surface area contributed by atoms with Crippen molar-refractivity contribution in [3.05, 3.63) is 64.0 Å². The minimum atomic E-state index is -0.788. The normalized spacial score (nSPS) is 10.1. The van der Waals surface area contributed by atoms with E-state index in [1.165, 1.54) is 0 Å². The zero-order valence-electron chi connectivity index (χ0n) is 10.9. The van der Waals surface area contributed by atoms with E-state index in [4.69, 9.17) is 5.73 Å². The molecule has 0 aliphatic rings. The zero-order chi connectivity index (χ0) is 15.4. The van der Waals surface area contributed by atoms with E-state index in [0.717, 1.165) is 18.2 Å². The van der Waals surface area contributed by atoms with Gasteiger partial charge in [-0.2, -0.15) is 0 Å². The van der Waals surface area contributed by atoms with Gasteiger partial charge in [0.1, 0.15) is 5.82 Å². The highest BCUT2D eigenvalue weighted by Gasteiger charge is 2.12.